The lowest BCUT2D eigenvalue weighted by Gasteiger charge is -2.32. The van der Waals surface area contributed by atoms with Crippen molar-refractivity contribution < 1.29 is 8.42 Å². The van der Waals surface area contributed by atoms with E-state index in [0.29, 0.717) is 12.2 Å². The fourth-order valence-electron chi connectivity index (χ4n) is 2.43. The summed E-state index contributed by atoms with van der Waals surface area (Å²) >= 11 is 0.733. The number of likely N-dealkylation sites (tertiary alicyclic amines) is 1. The van der Waals surface area contributed by atoms with Crippen LogP contribution < -0.4 is 9.60 Å². The zero-order valence-corrected chi connectivity index (χ0v) is 13.4. The topological polar surface area (TPSA) is 82.3 Å². The molecule has 0 aromatic carbocycles. The summed E-state index contributed by atoms with van der Waals surface area (Å²) in [5.74, 6) is 0. The van der Waals surface area contributed by atoms with Gasteiger partial charge in [0.15, 0.2) is 4.21 Å². The van der Waals surface area contributed by atoms with Crippen molar-refractivity contribution in [2.75, 3.05) is 19.6 Å². The molecule has 20 heavy (non-hydrogen) atoms. The van der Waals surface area contributed by atoms with Crippen LogP contribution in [-0.2, 0) is 10.0 Å². The highest BCUT2D eigenvalue weighted by Crippen LogP contribution is 2.16. The Morgan fingerprint density at radius 3 is 2.55 bits per heavy atom. The first-order valence-electron chi connectivity index (χ1n) is 6.83. The highest BCUT2D eigenvalue weighted by Gasteiger charge is 2.23. The maximum atomic E-state index is 12.2. The zero-order valence-electron chi connectivity index (χ0n) is 11.8. The number of nitrogens with zero attached hydrogens (tertiary/aromatic N) is 1. The van der Waals surface area contributed by atoms with Crippen molar-refractivity contribution >= 4 is 21.4 Å². The fraction of sp³-hybridized carbons (Fsp3) is 0.750. The quantitative estimate of drug-likeness (QED) is 0.845. The van der Waals surface area contributed by atoms with Crippen LogP contribution >= 0.6 is 11.3 Å². The molecule has 0 saturated carbocycles. The Balaban J connectivity index is 1.98. The molecule has 1 aliphatic rings. The van der Waals surface area contributed by atoms with Crippen LogP contribution in [0.5, 0.6) is 0 Å². The van der Waals surface area contributed by atoms with E-state index in [-0.39, 0.29) is 15.1 Å². The maximum Gasteiger partial charge on any atom is 0.305 e. The van der Waals surface area contributed by atoms with Gasteiger partial charge in [0.05, 0.1) is 0 Å². The van der Waals surface area contributed by atoms with Crippen LogP contribution in [0.2, 0.25) is 0 Å². The Morgan fingerprint density at radius 1 is 1.35 bits per heavy atom. The highest BCUT2D eigenvalue weighted by molar-refractivity contribution is 7.91. The number of aromatic nitrogens is 1. The summed E-state index contributed by atoms with van der Waals surface area (Å²) in [6, 6.07) is 0.168. The fourth-order valence-corrected chi connectivity index (χ4v) is 4.90. The minimum atomic E-state index is -3.59. The van der Waals surface area contributed by atoms with Gasteiger partial charge in [0.1, 0.15) is 0 Å². The van der Waals surface area contributed by atoms with Crippen LogP contribution in [0.25, 0.3) is 0 Å². The number of aromatic amines is 1. The summed E-state index contributed by atoms with van der Waals surface area (Å²) in [5.41, 5.74) is 0.401. The summed E-state index contributed by atoms with van der Waals surface area (Å²) in [6.07, 6.45) is 3.61. The van der Waals surface area contributed by atoms with Crippen LogP contribution in [0.15, 0.2) is 9.00 Å². The molecule has 1 unspecified atom stereocenters. The molecule has 2 rings (SSSR count). The van der Waals surface area contributed by atoms with Gasteiger partial charge in [0.2, 0.25) is 0 Å². The summed E-state index contributed by atoms with van der Waals surface area (Å²) in [4.78, 5) is 15.7. The highest BCUT2D eigenvalue weighted by atomic mass is 32.2. The lowest BCUT2D eigenvalue weighted by molar-refractivity contribution is 0.175. The second-order valence-electron chi connectivity index (χ2n) is 5.22. The predicted octanol–water partition coefficient (Wildman–Crippen LogP) is 0.898. The number of thiazole rings is 1. The van der Waals surface area contributed by atoms with Gasteiger partial charge in [-0.3, -0.25) is 9.69 Å². The number of aryl methyl sites for hydroxylation is 1. The van der Waals surface area contributed by atoms with E-state index < -0.39 is 10.0 Å². The zero-order chi connectivity index (χ0) is 14.8. The molecule has 1 aromatic rings. The van der Waals surface area contributed by atoms with E-state index in [9.17, 15) is 13.2 Å². The van der Waals surface area contributed by atoms with Gasteiger partial charge in [0.25, 0.3) is 10.0 Å². The Kier molecular flexibility index (Phi) is 5.00. The molecule has 0 aliphatic carbocycles. The normalized spacial score (nSPS) is 19.1. The van der Waals surface area contributed by atoms with Crippen LogP contribution in [-0.4, -0.2) is 44.0 Å². The number of hydrogen-bond acceptors (Lipinski definition) is 5. The molecule has 0 radical (unpaired) electrons. The summed E-state index contributed by atoms with van der Waals surface area (Å²) in [6.45, 7) is 6.05. The summed E-state index contributed by atoms with van der Waals surface area (Å²) in [5, 5.41) is 0. The molecule has 0 amide bonds. The third kappa shape index (κ3) is 3.69. The molecule has 8 heteroatoms. The van der Waals surface area contributed by atoms with E-state index in [2.05, 4.69) is 14.6 Å². The second-order valence-corrected chi connectivity index (χ2v) is 8.17. The molecule has 1 fully saturated rings. The van der Waals surface area contributed by atoms with Gasteiger partial charge in [0, 0.05) is 18.3 Å². The van der Waals surface area contributed by atoms with E-state index in [1.165, 1.54) is 19.3 Å². The predicted molar refractivity (Wildman–Crippen MR) is 79.8 cm³/mol. The molecule has 0 bridgehead atoms. The van der Waals surface area contributed by atoms with Crippen LogP contribution in [0.1, 0.15) is 31.9 Å². The molecular formula is C12H21N3O3S2. The Labute approximate surface area is 123 Å². The number of sulfonamides is 1. The Bertz CT molecular complexity index is 600. The van der Waals surface area contributed by atoms with Crippen molar-refractivity contribution in [2.24, 2.45) is 0 Å². The van der Waals surface area contributed by atoms with Crippen LogP contribution in [0.4, 0.5) is 0 Å². The lowest BCUT2D eigenvalue weighted by Crippen LogP contribution is -2.44. The van der Waals surface area contributed by atoms with Crippen molar-refractivity contribution in [3.05, 3.63) is 15.4 Å². The van der Waals surface area contributed by atoms with Crippen molar-refractivity contribution in [1.29, 1.82) is 0 Å². The van der Waals surface area contributed by atoms with Gasteiger partial charge < -0.3 is 4.98 Å². The third-order valence-electron chi connectivity index (χ3n) is 3.61. The first kappa shape index (κ1) is 15.7. The second kappa shape index (κ2) is 6.38. The average molecular weight is 319 g/mol. The smallest absolute Gasteiger partial charge is 0.305 e. The van der Waals surface area contributed by atoms with Crippen LogP contribution in [0.3, 0.4) is 0 Å². The van der Waals surface area contributed by atoms with Gasteiger partial charge in [-0.05, 0) is 39.8 Å². The molecule has 2 heterocycles. The third-order valence-corrected chi connectivity index (χ3v) is 6.64. The molecule has 1 saturated heterocycles. The van der Waals surface area contributed by atoms with Crippen molar-refractivity contribution in [3.63, 3.8) is 0 Å². The first-order valence-corrected chi connectivity index (χ1v) is 9.13. The molecule has 1 atom stereocenters. The number of hydrogen-bond donors (Lipinski definition) is 2. The summed E-state index contributed by atoms with van der Waals surface area (Å²) in [7, 11) is -3.59. The van der Waals surface area contributed by atoms with Gasteiger partial charge >= 0.3 is 4.87 Å². The Hall–Kier alpha value is -0.700. The molecule has 1 aromatic heterocycles. The number of rotatable bonds is 5. The minimum Gasteiger partial charge on any atom is -0.315 e. The standard InChI is InChI=1S/C12H21N3O3S2/c1-9(15-6-4-3-5-7-15)8-13-20(17,18)11-10(2)14-12(16)19-11/h9,13H,3-8H2,1-2H3,(H,14,16). The number of nitrogens with one attached hydrogen (secondary N) is 2. The maximum absolute atomic E-state index is 12.2. The van der Waals surface area contributed by atoms with Crippen molar-refractivity contribution in [1.82, 2.24) is 14.6 Å². The molecule has 114 valence electrons. The van der Waals surface area contributed by atoms with E-state index in [1.54, 1.807) is 6.92 Å². The van der Waals surface area contributed by atoms with Crippen molar-refractivity contribution in [2.45, 2.75) is 43.4 Å². The van der Waals surface area contributed by atoms with Gasteiger partial charge in [-0.25, -0.2) is 13.1 Å². The minimum absolute atomic E-state index is 0.0911. The molecular weight excluding hydrogens is 298 g/mol. The lowest BCUT2D eigenvalue weighted by atomic mass is 10.1. The Morgan fingerprint density at radius 2 is 2.00 bits per heavy atom. The van der Waals surface area contributed by atoms with E-state index in [0.717, 1.165) is 24.4 Å². The van der Waals surface area contributed by atoms with Crippen LogP contribution in [0, 0.1) is 6.92 Å². The van der Waals surface area contributed by atoms with E-state index >= 15 is 0 Å². The molecule has 2 N–H and O–H groups in total. The van der Waals surface area contributed by atoms with E-state index in [1.807, 2.05) is 6.92 Å². The molecule has 6 nitrogen and oxygen atoms in total. The first-order chi connectivity index (χ1) is 9.40. The van der Waals surface area contributed by atoms with E-state index in [4.69, 9.17) is 0 Å². The largest absolute Gasteiger partial charge is 0.315 e. The van der Waals surface area contributed by atoms with Crippen molar-refractivity contribution in [3.8, 4) is 0 Å². The van der Waals surface area contributed by atoms with Gasteiger partial charge in [-0.2, -0.15) is 0 Å². The SMILES string of the molecule is Cc1[nH]c(=O)sc1S(=O)(=O)NCC(C)N1CCCCC1. The summed E-state index contributed by atoms with van der Waals surface area (Å²) < 4.78 is 27.1. The van der Waals surface area contributed by atoms with Gasteiger partial charge in [-0.1, -0.05) is 17.8 Å². The van der Waals surface area contributed by atoms with Gasteiger partial charge in [-0.15, -0.1) is 0 Å². The molecule has 0 spiro atoms. The monoisotopic (exact) mass is 319 g/mol. The molecule has 1 aliphatic heterocycles. The average Bonchev–Trinajstić information content (AvgIpc) is 2.77. The number of piperidine rings is 1. The number of H-pyrrole nitrogens is 1.